The van der Waals surface area contributed by atoms with Crippen molar-refractivity contribution in [2.45, 2.75) is 13.0 Å². The molecular formula is C14H18F2N2O2. The third-order valence-electron chi connectivity index (χ3n) is 3.44. The number of benzene rings is 1. The molecule has 110 valence electrons. The fourth-order valence-corrected chi connectivity index (χ4v) is 2.44. The van der Waals surface area contributed by atoms with E-state index in [2.05, 4.69) is 0 Å². The molecule has 1 aliphatic heterocycles. The fourth-order valence-electron chi connectivity index (χ4n) is 2.44. The summed E-state index contributed by atoms with van der Waals surface area (Å²) in [5.74, 6) is -1.68. The Hall–Kier alpha value is -1.53. The smallest absolute Gasteiger partial charge is 0.317 e. The molecule has 1 saturated heterocycles. The van der Waals surface area contributed by atoms with E-state index >= 15 is 0 Å². The van der Waals surface area contributed by atoms with Gasteiger partial charge in [0.05, 0.1) is 6.54 Å². The number of carboxylic acids is 1. The third-order valence-corrected chi connectivity index (χ3v) is 3.44. The minimum absolute atomic E-state index is 0.0299. The van der Waals surface area contributed by atoms with Gasteiger partial charge >= 0.3 is 5.97 Å². The molecular weight excluding hydrogens is 266 g/mol. The lowest BCUT2D eigenvalue weighted by molar-refractivity contribution is -0.138. The molecule has 0 aromatic heterocycles. The molecule has 1 aromatic carbocycles. The van der Waals surface area contributed by atoms with Gasteiger partial charge in [-0.3, -0.25) is 14.6 Å². The second-order valence-electron chi connectivity index (χ2n) is 5.04. The fraction of sp³-hybridized carbons (Fsp3) is 0.500. The molecule has 0 aliphatic carbocycles. The highest BCUT2D eigenvalue weighted by Gasteiger charge is 2.17. The van der Waals surface area contributed by atoms with Crippen molar-refractivity contribution in [1.82, 2.24) is 9.80 Å². The van der Waals surface area contributed by atoms with Crippen molar-refractivity contribution in [3.8, 4) is 0 Å². The molecule has 0 spiro atoms. The standard InChI is InChI=1S/C14H18F2N2O2/c15-12-2-3-13(16)11(8-12)9-17-4-1-5-18(7-6-17)10-14(19)20/h2-3,8H,1,4-7,9-10H2,(H,19,20). The number of hydrogen-bond donors (Lipinski definition) is 1. The summed E-state index contributed by atoms with van der Waals surface area (Å²) in [7, 11) is 0. The first kappa shape index (κ1) is 14.9. The van der Waals surface area contributed by atoms with Gasteiger partial charge in [0.1, 0.15) is 11.6 Å². The van der Waals surface area contributed by atoms with Gasteiger partial charge in [-0.05, 0) is 31.2 Å². The molecule has 0 saturated carbocycles. The van der Waals surface area contributed by atoms with Crippen molar-refractivity contribution in [2.24, 2.45) is 0 Å². The van der Waals surface area contributed by atoms with Crippen LogP contribution in [0.2, 0.25) is 0 Å². The lowest BCUT2D eigenvalue weighted by Gasteiger charge is -2.21. The van der Waals surface area contributed by atoms with E-state index in [0.29, 0.717) is 31.7 Å². The maximum atomic E-state index is 13.6. The maximum absolute atomic E-state index is 13.6. The number of halogens is 2. The van der Waals surface area contributed by atoms with Crippen LogP contribution in [0.15, 0.2) is 18.2 Å². The van der Waals surface area contributed by atoms with Gasteiger partial charge < -0.3 is 5.11 Å². The molecule has 1 aliphatic rings. The second-order valence-corrected chi connectivity index (χ2v) is 5.04. The van der Waals surface area contributed by atoms with E-state index in [1.54, 1.807) is 0 Å². The van der Waals surface area contributed by atoms with Gasteiger partial charge in [0, 0.05) is 31.7 Å². The van der Waals surface area contributed by atoms with Crippen molar-refractivity contribution >= 4 is 5.97 Å². The highest BCUT2D eigenvalue weighted by Crippen LogP contribution is 2.14. The summed E-state index contributed by atoms with van der Waals surface area (Å²) >= 11 is 0. The van der Waals surface area contributed by atoms with Gasteiger partial charge in [-0.15, -0.1) is 0 Å². The van der Waals surface area contributed by atoms with E-state index in [0.717, 1.165) is 25.1 Å². The summed E-state index contributed by atoms with van der Waals surface area (Å²) in [5, 5.41) is 8.78. The topological polar surface area (TPSA) is 43.8 Å². The zero-order valence-electron chi connectivity index (χ0n) is 11.2. The average Bonchev–Trinajstić information content (AvgIpc) is 2.59. The van der Waals surface area contributed by atoms with Gasteiger partial charge in [0.25, 0.3) is 0 Å². The molecule has 0 radical (unpaired) electrons. The van der Waals surface area contributed by atoms with Gasteiger partial charge in [-0.2, -0.15) is 0 Å². The molecule has 4 nitrogen and oxygen atoms in total. The van der Waals surface area contributed by atoms with Crippen LogP contribution in [-0.4, -0.2) is 53.6 Å². The third kappa shape index (κ3) is 4.25. The van der Waals surface area contributed by atoms with Crippen molar-refractivity contribution < 1.29 is 18.7 Å². The minimum Gasteiger partial charge on any atom is -0.480 e. The van der Waals surface area contributed by atoms with Crippen LogP contribution in [0, 0.1) is 11.6 Å². The van der Waals surface area contributed by atoms with Gasteiger partial charge in [0.2, 0.25) is 0 Å². The SMILES string of the molecule is O=C(O)CN1CCCN(Cc2cc(F)ccc2F)CC1. The Morgan fingerprint density at radius 1 is 1.15 bits per heavy atom. The molecule has 6 heteroatoms. The van der Waals surface area contributed by atoms with E-state index in [4.69, 9.17) is 5.11 Å². The Bertz CT molecular complexity index is 482. The zero-order chi connectivity index (χ0) is 14.5. The number of aliphatic carboxylic acids is 1. The van der Waals surface area contributed by atoms with Gasteiger partial charge in [-0.1, -0.05) is 0 Å². The van der Waals surface area contributed by atoms with E-state index < -0.39 is 17.6 Å². The molecule has 2 rings (SSSR count). The maximum Gasteiger partial charge on any atom is 0.317 e. The van der Waals surface area contributed by atoms with E-state index in [-0.39, 0.29) is 6.54 Å². The van der Waals surface area contributed by atoms with E-state index in [1.165, 1.54) is 6.07 Å². The summed E-state index contributed by atoms with van der Waals surface area (Å²) in [6.45, 7) is 3.14. The normalized spacial score (nSPS) is 17.9. The minimum atomic E-state index is -0.838. The number of carbonyl (C=O) groups is 1. The van der Waals surface area contributed by atoms with Crippen LogP contribution < -0.4 is 0 Å². The molecule has 1 heterocycles. The lowest BCUT2D eigenvalue weighted by atomic mass is 10.2. The largest absolute Gasteiger partial charge is 0.480 e. The first-order valence-electron chi connectivity index (χ1n) is 6.65. The highest BCUT2D eigenvalue weighted by atomic mass is 19.1. The molecule has 0 atom stereocenters. The van der Waals surface area contributed by atoms with Crippen molar-refractivity contribution in [1.29, 1.82) is 0 Å². The molecule has 1 N–H and O–H groups in total. The van der Waals surface area contributed by atoms with Crippen LogP contribution in [-0.2, 0) is 11.3 Å². The van der Waals surface area contributed by atoms with Crippen LogP contribution in [0.5, 0.6) is 0 Å². The van der Waals surface area contributed by atoms with Crippen LogP contribution in [0.4, 0.5) is 8.78 Å². The van der Waals surface area contributed by atoms with Crippen LogP contribution in [0.25, 0.3) is 0 Å². The molecule has 0 bridgehead atoms. The van der Waals surface area contributed by atoms with Crippen molar-refractivity contribution in [3.05, 3.63) is 35.4 Å². The van der Waals surface area contributed by atoms with Gasteiger partial charge in [-0.25, -0.2) is 8.78 Å². The van der Waals surface area contributed by atoms with Crippen LogP contribution in [0.1, 0.15) is 12.0 Å². The monoisotopic (exact) mass is 284 g/mol. The summed E-state index contributed by atoms with van der Waals surface area (Å²) in [4.78, 5) is 14.6. The average molecular weight is 284 g/mol. The number of hydrogen-bond acceptors (Lipinski definition) is 3. The predicted octanol–water partition coefficient (Wildman–Crippen LogP) is 1.56. The highest BCUT2D eigenvalue weighted by molar-refractivity contribution is 5.69. The first-order chi connectivity index (χ1) is 9.54. The zero-order valence-corrected chi connectivity index (χ0v) is 11.2. The summed E-state index contributed by atoms with van der Waals surface area (Å²) in [6, 6.07) is 3.46. The van der Waals surface area contributed by atoms with Crippen molar-refractivity contribution in [2.75, 3.05) is 32.7 Å². The first-order valence-corrected chi connectivity index (χ1v) is 6.65. The number of rotatable bonds is 4. The Labute approximate surface area is 116 Å². The molecule has 0 amide bonds. The molecule has 1 aromatic rings. The number of carboxylic acid groups (broad SMARTS) is 1. The van der Waals surface area contributed by atoms with E-state index in [9.17, 15) is 13.6 Å². The molecule has 1 fully saturated rings. The summed E-state index contributed by atoms with van der Waals surface area (Å²) in [6.07, 6.45) is 0.824. The predicted molar refractivity (Wildman–Crippen MR) is 70.3 cm³/mol. The summed E-state index contributed by atoms with van der Waals surface area (Å²) in [5.41, 5.74) is 0.344. The Balaban J connectivity index is 1.94. The molecule has 20 heavy (non-hydrogen) atoms. The van der Waals surface area contributed by atoms with Gasteiger partial charge in [0.15, 0.2) is 0 Å². The lowest BCUT2D eigenvalue weighted by Crippen LogP contribution is -2.34. The van der Waals surface area contributed by atoms with Crippen LogP contribution >= 0.6 is 0 Å². The van der Waals surface area contributed by atoms with E-state index in [1.807, 2.05) is 9.80 Å². The Morgan fingerprint density at radius 2 is 1.85 bits per heavy atom. The summed E-state index contributed by atoms with van der Waals surface area (Å²) < 4.78 is 26.7. The van der Waals surface area contributed by atoms with Crippen LogP contribution in [0.3, 0.4) is 0 Å². The number of nitrogens with zero attached hydrogens (tertiary/aromatic N) is 2. The quantitative estimate of drug-likeness (QED) is 0.911. The van der Waals surface area contributed by atoms with Crippen molar-refractivity contribution in [3.63, 3.8) is 0 Å². The molecule has 0 unspecified atom stereocenters. The second kappa shape index (κ2) is 6.76. The Morgan fingerprint density at radius 3 is 2.60 bits per heavy atom. The Kier molecular flexibility index (Phi) is 5.03.